The first-order valence-electron chi connectivity index (χ1n) is 6.91. The molecular formula is C15H21N3O2. The topological polar surface area (TPSA) is 75.4 Å². The summed E-state index contributed by atoms with van der Waals surface area (Å²) < 4.78 is 0. The van der Waals surface area contributed by atoms with Crippen molar-refractivity contribution in [2.45, 2.75) is 25.9 Å². The molecule has 0 radical (unpaired) electrons. The second kappa shape index (κ2) is 6.52. The van der Waals surface area contributed by atoms with E-state index in [1.807, 2.05) is 35.2 Å². The molecule has 108 valence electrons. The maximum absolute atomic E-state index is 12.0. The van der Waals surface area contributed by atoms with Crippen LogP contribution in [0.2, 0.25) is 0 Å². The number of amides is 2. The highest BCUT2D eigenvalue weighted by atomic mass is 16.2. The van der Waals surface area contributed by atoms with Gasteiger partial charge in [0, 0.05) is 32.0 Å². The molecule has 20 heavy (non-hydrogen) atoms. The van der Waals surface area contributed by atoms with Gasteiger partial charge in [-0.1, -0.05) is 30.3 Å². The monoisotopic (exact) mass is 275 g/mol. The van der Waals surface area contributed by atoms with Crippen LogP contribution in [0.1, 0.15) is 18.9 Å². The van der Waals surface area contributed by atoms with Crippen molar-refractivity contribution in [1.29, 1.82) is 0 Å². The van der Waals surface area contributed by atoms with Crippen LogP contribution in [0, 0.1) is 5.92 Å². The van der Waals surface area contributed by atoms with Crippen LogP contribution in [0.5, 0.6) is 0 Å². The van der Waals surface area contributed by atoms with E-state index in [0.29, 0.717) is 26.1 Å². The number of carbonyl (C=O) groups is 2. The lowest BCUT2D eigenvalue weighted by Gasteiger charge is -2.17. The molecule has 1 aliphatic rings. The summed E-state index contributed by atoms with van der Waals surface area (Å²) in [5.41, 5.74) is 6.61. The molecule has 2 rings (SSSR count). The fourth-order valence-electron chi connectivity index (χ4n) is 2.35. The van der Waals surface area contributed by atoms with Crippen molar-refractivity contribution in [3.8, 4) is 0 Å². The van der Waals surface area contributed by atoms with E-state index in [-0.39, 0.29) is 17.7 Å². The predicted octanol–water partition coefficient (Wildman–Crippen LogP) is 0.498. The molecule has 2 atom stereocenters. The van der Waals surface area contributed by atoms with Gasteiger partial charge in [-0.05, 0) is 12.5 Å². The Kier molecular flexibility index (Phi) is 4.74. The van der Waals surface area contributed by atoms with Crippen LogP contribution in [-0.4, -0.2) is 35.8 Å². The Morgan fingerprint density at radius 2 is 2.15 bits per heavy atom. The third-order valence-electron chi connectivity index (χ3n) is 3.49. The highest BCUT2D eigenvalue weighted by Crippen LogP contribution is 2.19. The summed E-state index contributed by atoms with van der Waals surface area (Å²) in [6.07, 6.45) is 0.492. The van der Waals surface area contributed by atoms with E-state index in [0.717, 1.165) is 5.56 Å². The zero-order valence-corrected chi connectivity index (χ0v) is 11.7. The highest BCUT2D eigenvalue weighted by molar-refractivity contribution is 5.81. The minimum Gasteiger partial charge on any atom is -0.354 e. The van der Waals surface area contributed by atoms with Gasteiger partial charge in [0.2, 0.25) is 11.8 Å². The molecule has 1 aromatic carbocycles. The van der Waals surface area contributed by atoms with E-state index in [4.69, 9.17) is 5.73 Å². The van der Waals surface area contributed by atoms with Crippen LogP contribution in [0.3, 0.4) is 0 Å². The predicted molar refractivity (Wildman–Crippen MR) is 76.6 cm³/mol. The van der Waals surface area contributed by atoms with Crippen LogP contribution < -0.4 is 11.1 Å². The number of hydrogen-bond acceptors (Lipinski definition) is 3. The van der Waals surface area contributed by atoms with Gasteiger partial charge in [-0.2, -0.15) is 0 Å². The molecule has 0 aromatic heterocycles. The molecule has 2 amide bonds. The maximum atomic E-state index is 12.0. The zero-order chi connectivity index (χ0) is 14.5. The third-order valence-corrected chi connectivity index (χ3v) is 3.49. The summed E-state index contributed by atoms with van der Waals surface area (Å²) in [5.74, 6) is 0.154. The van der Waals surface area contributed by atoms with Crippen LogP contribution >= 0.6 is 0 Å². The molecule has 1 fully saturated rings. The van der Waals surface area contributed by atoms with E-state index in [9.17, 15) is 9.59 Å². The Bertz CT molecular complexity index is 473. The molecule has 0 saturated carbocycles. The lowest BCUT2D eigenvalue weighted by Crippen LogP contribution is -2.40. The van der Waals surface area contributed by atoms with Gasteiger partial charge in [0.15, 0.2) is 0 Å². The van der Waals surface area contributed by atoms with Crippen molar-refractivity contribution in [3.63, 3.8) is 0 Å². The number of carbonyl (C=O) groups excluding carboxylic acids is 2. The molecule has 0 bridgehead atoms. The van der Waals surface area contributed by atoms with Crippen molar-refractivity contribution in [3.05, 3.63) is 35.9 Å². The highest BCUT2D eigenvalue weighted by Gasteiger charge is 2.29. The van der Waals surface area contributed by atoms with Crippen molar-refractivity contribution < 1.29 is 9.59 Å². The summed E-state index contributed by atoms with van der Waals surface area (Å²) in [6.45, 7) is 3.48. The molecule has 0 spiro atoms. The van der Waals surface area contributed by atoms with E-state index >= 15 is 0 Å². The normalized spacial score (nSPS) is 20.0. The minimum atomic E-state index is -0.507. The standard InChI is InChI=1S/C15H21N3O2/c1-11(16)15(20)17-8-13-7-14(19)18(10-13)9-12-5-3-2-4-6-12/h2-6,11,13H,7-10,16H2,1H3,(H,17,20)/t11-,13?/m1/s1. The van der Waals surface area contributed by atoms with Crippen LogP contribution in [0.15, 0.2) is 30.3 Å². The van der Waals surface area contributed by atoms with Crippen LogP contribution in [0.4, 0.5) is 0 Å². The molecule has 5 heteroatoms. The Balaban J connectivity index is 1.83. The van der Waals surface area contributed by atoms with Gasteiger partial charge in [0.05, 0.1) is 6.04 Å². The largest absolute Gasteiger partial charge is 0.354 e. The molecule has 1 heterocycles. The van der Waals surface area contributed by atoms with Gasteiger partial charge in [-0.25, -0.2) is 0 Å². The van der Waals surface area contributed by atoms with Gasteiger partial charge in [0.25, 0.3) is 0 Å². The quantitative estimate of drug-likeness (QED) is 0.821. The molecular weight excluding hydrogens is 254 g/mol. The number of nitrogens with zero attached hydrogens (tertiary/aromatic N) is 1. The Morgan fingerprint density at radius 3 is 2.80 bits per heavy atom. The number of hydrogen-bond donors (Lipinski definition) is 2. The number of nitrogens with two attached hydrogens (primary N) is 1. The molecule has 5 nitrogen and oxygen atoms in total. The second-order valence-corrected chi connectivity index (χ2v) is 5.36. The number of likely N-dealkylation sites (tertiary alicyclic amines) is 1. The van der Waals surface area contributed by atoms with E-state index < -0.39 is 6.04 Å². The Labute approximate surface area is 119 Å². The SMILES string of the molecule is C[C@@H](N)C(=O)NCC1CC(=O)N(Cc2ccccc2)C1. The maximum Gasteiger partial charge on any atom is 0.236 e. The molecule has 1 unspecified atom stereocenters. The summed E-state index contributed by atoms with van der Waals surface area (Å²) in [7, 11) is 0. The van der Waals surface area contributed by atoms with Crippen LogP contribution in [0.25, 0.3) is 0 Å². The average molecular weight is 275 g/mol. The summed E-state index contributed by atoms with van der Waals surface area (Å²) in [6, 6.07) is 9.41. The van der Waals surface area contributed by atoms with Crippen LogP contribution in [-0.2, 0) is 16.1 Å². The summed E-state index contributed by atoms with van der Waals surface area (Å²) in [5, 5.41) is 2.79. The molecule has 1 saturated heterocycles. The van der Waals surface area contributed by atoms with Crippen molar-refractivity contribution >= 4 is 11.8 Å². The van der Waals surface area contributed by atoms with Crippen molar-refractivity contribution in [1.82, 2.24) is 10.2 Å². The number of benzene rings is 1. The lowest BCUT2D eigenvalue weighted by atomic mass is 10.1. The first-order valence-corrected chi connectivity index (χ1v) is 6.91. The molecule has 3 N–H and O–H groups in total. The Morgan fingerprint density at radius 1 is 1.45 bits per heavy atom. The average Bonchev–Trinajstić information content (AvgIpc) is 2.77. The molecule has 0 aliphatic carbocycles. The summed E-state index contributed by atoms with van der Waals surface area (Å²) >= 11 is 0. The van der Waals surface area contributed by atoms with Gasteiger partial charge < -0.3 is 16.0 Å². The van der Waals surface area contributed by atoms with Crippen molar-refractivity contribution in [2.24, 2.45) is 11.7 Å². The molecule has 1 aromatic rings. The van der Waals surface area contributed by atoms with Crippen molar-refractivity contribution in [2.75, 3.05) is 13.1 Å². The van der Waals surface area contributed by atoms with E-state index in [1.54, 1.807) is 6.92 Å². The second-order valence-electron chi connectivity index (χ2n) is 5.36. The smallest absolute Gasteiger partial charge is 0.236 e. The first-order chi connectivity index (χ1) is 9.56. The summed E-state index contributed by atoms with van der Waals surface area (Å²) in [4.78, 5) is 25.2. The third kappa shape index (κ3) is 3.81. The zero-order valence-electron chi connectivity index (χ0n) is 11.7. The molecule has 1 aliphatic heterocycles. The minimum absolute atomic E-state index is 0.147. The fourth-order valence-corrected chi connectivity index (χ4v) is 2.35. The lowest BCUT2D eigenvalue weighted by molar-refractivity contribution is -0.128. The van der Waals surface area contributed by atoms with Gasteiger partial charge in [-0.3, -0.25) is 9.59 Å². The van der Waals surface area contributed by atoms with Gasteiger partial charge >= 0.3 is 0 Å². The number of nitrogens with one attached hydrogen (secondary N) is 1. The first kappa shape index (κ1) is 14.5. The number of rotatable bonds is 5. The van der Waals surface area contributed by atoms with E-state index in [2.05, 4.69) is 5.32 Å². The Hall–Kier alpha value is -1.88. The van der Waals surface area contributed by atoms with Gasteiger partial charge in [0.1, 0.15) is 0 Å². The van der Waals surface area contributed by atoms with E-state index in [1.165, 1.54) is 0 Å². The fraction of sp³-hybridized carbons (Fsp3) is 0.467. The van der Waals surface area contributed by atoms with Gasteiger partial charge in [-0.15, -0.1) is 0 Å².